The number of aliphatic hydroxyl groups is 1. The van der Waals surface area contributed by atoms with Gasteiger partial charge >= 0.3 is 25.2 Å². The number of nitrogens with zero attached hydrogens (tertiary/aromatic N) is 1. The zero-order valence-corrected chi connectivity index (χ0v) is 23.4. The predicted molar refractivity (Wildman–Crippen MR) is 131 cm³/mol. The van der Waals surface area contributed by atoms with Crippen LogP contribution in [0.2, 0.25) is 0 Å². The number of halogens is 1. The minimum atomic E-state index is -4.15. The summed E-state index contributed by atoms with van der Waals surface area (Å²) in [5, 5.41) is 10.6. The van der Waals surface area contributed by atoms with Gasteiger partial charge in [-0.15, -0.1) is 0 Å². The maximum atomic E-state index is 15.4. The second-order valence-electron chi connectivity index (χ2n) is 11.1. The maximum absolute atomic E-state index is 15.4. The minimum absolute atomic E-state index is 0.285. The summed E-state index contributed by atoms with van der Waals surface area (Å²) in [6.07, 6.45) is -4.36. The van der Waals surface area contributed by atoms with E-state index in [9.17, 15) is 28.8 Å². The number of hydrogen-bond acceptors (Lipinski definition) is 11. The number of carbonyl (C=O) groups is 2. The molecule has 2 rings (SSSR count). The number of alkyl halides is 1. The third kappa shape index (κ3) is 8.06. The molecule has 15 heteroatoms. The molecule has 0 aliphatic carbocycles. The van der Waals surface area contributed by atoms with Crippen LogP contribution in [0.5, 0.6) is 0 Å². The number of aromatic nitrogens is 2. The van der Waals surface area contributed by atoms with Gasteiger partial charge < -0.3 is 19.3 Å². The largest absolute Gasteiger partial charge is 0.438 e. The van der Waals surface area contributed by atoms with Crippen molar-refractivity contribution < 1.29 is 46.9 Å². The minimum Gasteiger partial charge on any atom is -0.438 e. The molecule has 13 nitrogen and oxygen atoms in total. The van der Waals surface area contributed by atoms with Crippen LogP contribution < -0.4 is 11.2 Å². The smallest absolute Gasteiger partial charge is 0.336 e. The molecule has 216 valence electrons. The molecule has 38 heavy (non-hydrogen) atoms. The number of rotatable bonds is 10. The number of aromatic amines is 1. The summed E-state index contributed by atoms with van der Waals surface area (Å²) in [7, 11) is -4.15. The molecule has 0 radical (unpaired) electrons. The Hall–Kier alpha value is -2.38. The van der Waals surface area contributed by atoms with Gasteiger partial charge in [-0.3, -0.25) is 37.5 Å². The van der Waals surface area contributed by atoms with Crippen molar-refractivity contribution >= 4 is 19.5 Å². The molecule has 0 unspecified atom stereocenters. The number of esters is 2. The van der Waals surface area contributed by atoms with Crippen LogP contribution >= 0.6 is 7.60 Å². The molecule has 0 saturated carbocycles. The van der Waals surface area contributed by atoms with Crippen LogP contribution in [0.15, 0.2) is 21.9 Å². The highest BCUT2D eigenvalue weighted by atomic mass is 31.2. The van der Waals surface area contributed by atoms with Crippen molar-refractivity contribution in [1.82, 2.24) is 9.55 Å². The molecule has 1 aromatic rings. The van der Waals surface area contributed by atoms with Crippen molar-refractivity contribution in [3.8, 4) is 0 Å². The topological polar surface area (TPSA) is 172 Å². The summed E-state index contributed by atoms with van der Waals surface area (Å²) < 4.78 is 55.6. The fourth-order valence-electron chi connectivity index (χ4n) is 3.26. The van der Waals surface area contributed by atoms with Gasteiger partial charge in [0.1, 0.15) is 6.10 Å². The molecule has 2 N–H and O–H groups in total. The van der Waals surface area contributed by atoms with Crippen molar-refractivity contribution in [3.63, 3.8) is 0 Å². The van der Waals surface area contributed by atoms with Gasteiger partial charge in [0, 0.05) is 12.3 Å². The summed E-state index contributed by atoms with van der Waals surface area (Å²) in [5.41, 5.74) is -5.84. The molecule has 1 saturated heterocycles. The molecule has 1 aliphatic rings. The van der Waals surface area contributed by atoms with Gasteiger partial charge in [-0.05, 0) is 54.9 Å². The van der Waals surface area contributed by atoms with E-state index in [1.54, 1.807) is 41.5 Å². The van der Waals surface area contributed by atoms with E-state index in [2.05, 4.69) is 0 Å². The highest BCUT2D eigenvalue weighted by molar-refractivity contribution is 7.53. The highest BCUT2D eigenvalue weighted by Gasteiger charge is 2.55. The Labute approximate surface area is 219 Å². The second-order valence-corrected chi connectivity index (χ2v) is 13.3. The Morgan fingerprint density at radius 1 is 1.11 bits per heavy atom. The highest BCUT2D eigenvalue weighted by Crippen LogP contribution is 2.51. The molecule has 0 aromatic carbocycles. The molecule has 1 fully saturated rings. The predicted octanol–water partition coefficient (Wildman–Crippen LogP) is 2.23. The zero-order valence-electron chi connectivity index (χ0n) is 22.5. The van der Waals surface area contributed by atoms with Crippen molar-refractivity contribution in [2.45, 2.75) is 79.0 Å². The summed E-state index contributed by atoms with van der Waals surface area (Å²) in [6.45, 7) is 9.16. The van der Waals surface area contributed by atoms with E-state index in [-0.39, 0.29) is 6.42 Å². The lowest BCUT2D eigenvalue weighted by atomic mass is 9.97. The van der Waals surface area contributed by atoms with E-state index in [1.165, 1.54) is 0 Å². The lowest BCUT2D eigenvalue weighted by Crippen LogP contribution is -2.43. The number of aliphatic hydroxyl groups excluding tert-OH is 1. The van der Waals surface area contributed by atoms with E-state index in [4.69, 9.17) is 23.3 Å². The van der Waals surface area contributed by atoms with E-state index in [0.717, 1.165) is 23.8 Å². The quantitative estimate of drug-likeness (QED) is 0.242. The Morgan fingerprint density at radius 3 is 2.05 bits per heavy atom. The van der Waals surface area contributed by atoms with Crippen LogP contribution in [0.4, 0.5) is 4.39 Å². The summed E-state index contributed by atoms with van der Waals surface area (Å²) in [6, 6.07) is 0.994. The Morgan fingerprint density at radius 2 is 1.61 bits per heavy atom. The van der Waals surface area contributed by atoms with Gasteiger partial charge in [0.15, 0.2) is 11.9 Å². The van der Waals surface area contributed by atoms with Gasteiger partial charge in [0.25, 0.3) is 5.56 Å². The molecule has 4 atom stereocenters. The van der Waals surface area contributed by atoms with E-state index < -0.39 is 85.5 Å². The molecule has 0 bridgehead atoms. The molecule has 1 aliphatic heterocycles. The molecular weight excluding hydrogens is 530 g/mol. The van der Waals surface area contributed by atoms with Gasteiger partial charge in [-0.2, -0.15) is 0 Å². The standard InChI is InChI=1S/C23H36FN2O11P/c1-21(2,3)18(29)33-12-35-38(32,36-13-34-19(30)22(4,5)6)11-9-14-16(28)23(7,24)17(37-14)26-10-8-15(27)25-20(26)31/h8,10,14,16-17,28H,9,11-13H2,1-7H3,(H,25,27,31)/t14-,16-,17-,23-/m1/s1. The average Bonchev–Trinajstić information content (AvgIpc) is 3.00. The van der Waals surface area contributed by atoms with Crippen LogP contribution in [0.3, 0.4) is 0 Å². The van der Waals surface area contributed by atoms with Crippen LogP contribution in [0.1, 0.15) is 61.1 Å². The maximum Gasteiger partial charge on any atom is 0.336 e. The monoisotopic (exact) mass is 566 g/mol. The Bertz CT molecular complexity index is 1130. The van der Waals surface area contributed by atoms with Crippen molar-refractivity contribution in [3.05, 3.63) is 33.1 Å². The first-order chi connectivity index (χ1) is 17.3. The first kappa shape index (κ1) is 31.8. The number of hydrogen-bond donors (Lipinski definition) is 2. The van der Waals surface area contributed by atoms with Crippen molar-refractivity contribution in [2.75, 3.05) is 19.7 Å². The first-order valence-corrected chi connectivity index (χ1v) is 13.6. The van der Waals surface area contributed by atoms with E-state index in [0.29, 0.717) is 0 Å². The fourth-order valence-corrected chi connectivity index (χ4v) is 4.59. The third-order valence-electron chi connectivity index (χ3n) is 5.61. The lowest BCUT2D eigenvalue weighted by Gasteiger charge is -2.25. The number of carbonyl (C=O) groups excluding carboxylic acids is 2. The number of ether oxygens (including phenoxy) is 3. The first-order valence-electron chi connectivity index (χ1n) is 11.8. The van der Waals surface area contributed by atoms with Gasteiger partial charge in [-0.25, -0.2) is 9.18 Å². The van der Waals surface area contributed by atoms with Crippen LogP contribution in [0, 0.1) is 10.8 Å². The molecule has 0 spiro atoms. The van der Waals surface area contributed by atoms with Crippen LogP contribution in [-0.2, 0) is 37.4 Å². The van der Waals surface area contributed by atoms with Crippen LogP contribution in [-0.4, -0.2) is 64.2 Å². The zero-order chi connectivity index (χ0) is 29.1. The molecule has 2 heterocycles. The normalized spacial score (nSPS) is 24.3. The third-order valence-corrected chi connectivity index (χ3v) is 7.42. The second kappa shape index (κ2) is 11.8. The number of H-pyrrole nitrogens is 1. The fraction of sp³-hybridized carbons (Fsp3) is 0.739. The van der Waals surface area contributed by atoms with Crippen molar-refractivity contribution in [2.24, 2.45) is 10.8 Å². The van der Waals surface area contributed by atoms with E-state index in [1.807, 2.05) is 4.98 Å². The average molecular weight is 567 g/mol. The molecule has 0 amide bonds. The molecular formula is C23H36FN2O11P. The number of nitrogens with one attached hydrogen (secondary N) is 1. The van der Waals surface area contributed by atoms with Gasteiger partial charge in [0.2, 0.25) is 13.6 Å². The molecule has 1 aromatic heterocycles. The van der Waals surface area contributed by atoms with Crippen LogP contribution in [0.25, 0.3) is 0 Å². The Kier molecular flexibility index (Phi) is 9.87. The van der Waals surface area contributed by atoms with Crippen molar-refractivity contribution in [1.29, 1.82) is 0 Å². The summed E-state index contributed by atoms with van der Waals surface area (Å²) >= 11 is 0. The van der Waals surface area contributed by atoms with E-state index >= 15 is 4.39 Å². The van der Waals surface area contributed by atoms with Gasteiger partial charge in [-0.1, -0.05) is 0 Å². The Balaban J connectivity index is 2.14. The summed E-state index contributed by atoms with van der Waals surface area (Å²) in [4.78, 5) is 49.5. The lowest BCUT2D eigenvalue weighted by molar-refractivity contribution is -0.162. The summed E-state index contributed by atoms with van der Waals surface area (Å²) in [5.74, 6) is -1.28. The SMILES string of the molecule is CC(C)(C)C(=O)OCOP(=O)(CC[C@H]1O[C@@H](n2ccc(=O)[nH]c2=O)[C@](C)(F)[C@@H]1O)OCOC(=O)C(C)(C)C. The van der Waals surface area contributed by atoms with Gasteiger partial charge in [0.05, 0.1) is 23.1 Å².